The Morgan fingerprint density at radius 1 is 1.08 bits per heavy atom. The molecule has 2 aromatic carbocycles. The fourth-order valence-electron chi connectivity index (χ4n) is 4.25. The predicted octanol–water partition coefficient (Wildman–Crippen LogP) is 2.81. The molecular weight excluding hydrogens is 348 g/mol. The molecule has 1 saturated heterocycles. The van der Waals surface area contributed by atoms with Gasteiger partial charge in [-0.05, 0) is 67.9 Å². The average molecular weight is 372 g/mol. The lowest BCUT2D eigenvalue weighted by Crippen LogP contribution is -2.30. The van der Waals surface area contributed by atoms with Crippen molar-refractivity contribution in [1.82, 2.24) is 5.32 Å². The van der Waals surface area contributed by atoms with Gasteiger partial charge < -0.3 is 15.0 Å². The molecule has 26 heavy (non-hydrogen) atoms. The number of methoxy groups -OCH3 is 1. The zero-order valence-electron chi connectivity index (χ0n) is 15.1. The van der Waals surface area contributed by atoms with Gasteiger partial charge in [0.2, 0.25) is 9.84 Å². The maximum absolute atomic E-state index is 13.1. The zero-order chi connectivity index (χ0) is 18.3. The first kappa shape index (κ1) is 17.4. The van der Waals surface area contributed by atoms with Crippen LogP contribution in [0.5, 0.6) is 5.75 Å². The maximum atomic E-state index is 13.1. The Morgan fingerprint density at radius 3 is 2.65 bits per heavy atom. The van der Waals surface area contributed by atoms with E-state index in [2.05, 4.69) is 17.3 Å². The van der Waals surface area contributed by atoms with E-state index in [4.69, 9.17) is 4.74 Å². The molecule has 0 aromatic heterocycles. The van der Waals surface area contributed by atoms with Gasteiger partial charge in [-0.1, -0.05) is 6.07 Å². The first-order valence-electron chi connectivity index (χ1n) is 8.99. The number of fused-ring (bicyclic) bond motifs is 3. The number of hydrogen-bond donors (Lipinski definition) is 1. The van der Waals surface area contributed by atoms with Gasteiger partial charge in [-0.15, -0.1) is 0 Å². The van der Waals surface area contributed by atoms with E-state index < -0.39 is 9.84 Å². The highest BCUT2D eigenvalue weighted by atomic mass is 32.2. The first-order chi connectivity index (χ1) is 12.5. The molecule has 0 spiro atoms. The summed E-state index contributed by atoms with van der Waals surface area (Å²) in [6.45, 7) is 1.98. The molecule has 2 heterocycles. The Labute approximate surface area is 154 Å². The van der Waals surface area contributed by atoms with Crippen LogP contribution in [-0.4, -0.2) is 41.7 Å². The second-order valence-corrected chi connectivity index (χ2v) is 8.96. The van der Waals surface area contributed by atoms with Crippen LogP contribution < -0.4 is 15.0 Å². The smallest absolute Gasteiger partial charge is 0.206 e. The molecule has 2 aliphatic heterocycles. The van der Waals surface area contributed by atoms with Crippen molar-refractivity contribution in [3.05, 3.63) is 48.0 Å². The van der Waals surface area contributed by atoms with Gasteiger partial charge in [0.15, 0.2) is 0 Å². The summed E-state index contributed by atoms with van der Waals surface area (Å²) in [4.78, 5) is 2.94. The minimum absolute atomic E-state index is 0.266. The van der Waals surface area contributed by atoms with Gasteiger partial charge in [-0.25, -0.2) is 8.42 Å². The molecule has 6 heteroatoms. The normalized spacial score (nSPS) is 22.5. The van der Waals surface area contributed by atoms with Gasteiger partial charge in [-0.2, -0.15) is 0 Å². The zero-order valence-corrected chi connectivity index (χ0v) is 15.9. The van der Waals surface area contributed by atoms with Crippen molar-refractivity contribution in [3.8, 4) is 5.75 Å². The summed E-state index contributed by atoms with van der Waals surface area (Å²) < 4.78 is 31.4. The van der Waals surface area contributed by atoms with Gasteiger partial charge in [-0.3, -0.25) is 0 Å². The number of anilines is 1. The highest BCUT2D eigenvalue weighted by Gasteiger charge is 2.37. The van der Waals surface area contributed by atoms with Crippen molar-refractivity contribution in [1.29, 1.82) is 0 Å². The summed E-state index contributed by atoms with van der Waals surface area (Å²) in [5, 5.41) is 3.45. The lowest BCUT2D eigenvalue weighted by atomic mass is 9.91. The van der Waals surface area contributed by atoms with Gasteiger partial charge in [0, 0.05) is 24.7 Å². The van der Waals surface area contributed by atoms with Crippen LogP contribution in [0.3, 0.4) is 0 Å². The molecule has 0 bridgehead atoms. The Kier molecular flexibility index (Phi) is 4.40. The number of nitrogens with zero attached hydrogens (tertiary/aromatic N) is 1. The van der Waals surface area contributed by atoms with E-state index in [1.807, 2.05) is 12.1 Å². The quantitative estimate of drug-likeness (QED) is 0.898. The van der Waals surface area contributed by atoms with Gasteiger partial charge >= 0.3 is 0 Å². The van der Waals surface area contributed by atoms with E-state index in [-0.39, 0.29) is 4.90 Å². The highest BCUT2D eigenvalue weighted by Crippen LogP contribution is 2.45. The minimum Gasteiger partial charge on any atom is -0.497 e. The third kappa shape index (κ3) is 2.77. The van der Waals surface area contributed by atoms with E-state index in [0.717, 1.165) is 37.2 Å². The predicted molar refractivity (Wildman–Crippen MR) is 102 cm³/mol. The number of likely N-dealkylation sites (N-methyl/N-ethyl adjacent to an activating group) is 1. The van der Waals surface area contributed by atoms with E-state index in [1.165, 1.54) is 7.11 Å². The minimum atomic E-state index is -3.57. The van der Waals surface area contributed by atoms with Crippen molar-refractivity contribution in [2.45, 2.75) is 34.6 Å². The van der Waals surface area contributed by atoms with Crippen LogP contribution in [-0.2, 0) is 9.84 Å². The molecule has 2 atom stereocenters. The number of nitrogens with one attached hydrogen (secondary N) is 1. The standard InChI is InChI=1S/C20H24N2O3S/c1-22-19-7-6-16(13-18(19)17-8-10-21-11-9-20(17)22)26(23,24)15-5-3-4-14(12-15)25-2/h3-7,12-13,17,20-21H,8-11H2,1-2H3/t17-,20?/m0/s1. The Bertz CT molecular complexity index is 926. The Morgan fingerprint density at radius 2 is 1.85 bits per heavy atom. The number of rotatable bonds is 3. The third-order valence-electron chi connectivity index (χ3n) is 5.65. The highest BCUT2D eigenvalue weighted by molar-refractivity contribution is 7.91. The van der Waals surface area contributed by atoms with Crippen molar-refractivity contribution in [2.75, 3.05) is 32.1 Å². The van der Waals surface area contributed by atoms with Crippen LogP contribution in [0.15, 0.2) is 52.3 Å². The summed E-state index contributed by atoms with van der Waals surface area (Å²) in [5.41, 5.74) is 2.32. The second kappa shape index (κ2) is 6.59. The molecule has 2 aromatic rings. The van der Waals surface area contributed by atoms with Gasteiger partial charge in [0.25, 0.3) is 0 Å². The molecule has 2 aliphatic rings. The summed E-state index contributed by atoms with van der Waals surface area (Å²) >= 11 is 0. The molecule has 1 fully saturated rings. The van der Waals surface area contributed by atoms with E-state index in [0.29, 0.717) is 22.6 Å². The molecule has 0 amide bonds. The summed E-state index contributed by atoms with van der Waals surface area (Å²) in [7, 11) is 0.0833. The molecule has 4 rings (SSSR count). The molecule has 5 nitrogen and oxygen atoms in total. The van der Waals surface area contributed by atoms with Crippen LogP contribution in [0.2, 0.25) is 0 Å². The maximum Gasteiger partial charge on any atom is 0.206 e. The molecular formula is C20H24N2O3S. The van der Waals surface area contributed by atoms with Crippen molar-refractivity contribution in [2.24, 2.45) is 0 Å². The topological polar surface area (TPSA) is 58.6 Å². The lowest BCUT2D eigenvalue weighted by molar-refractivity contribution is 0.413. The van der Waals surface area contributed by atoms with Crippen LogP contribution >= 0.6 is 0 Å². The molecule has 138 valence electrons. The van der Waals surface area contributed by atoms with E-state index in [1.54, 1.807) is 30.3 Å². The lowest BCUT2D eigenvalue weighted by Gasteiger charge is -2.24. The largest absolute Gasteiger partial charge is 0.497 e. The molecule has 0 saturated carbocycles. The second-order valence-electron chi connectivity index (χ2n) is 7.02. The molecule has 1 unspecified atom stereocenters. The third-order valence-corrected chi connectivity index (χ3v) is 7.40. The Hall–Kier alpha value is -2.05. The molecule has 0 radical (unpaired) electrons. The van der Waals surface area contributed by atoms with Crippen LogP contribution in [0.1, 0.15) is 24.3 Å². The van der Waals surface area contributed by atoms with Crippen molar-refractivity contribution < 1.29 is 13.2 Å². The van der Waals surface area contributed by atoms with Crippen molar-refractivity contribution >= 4 is 15.5 Å². The van der Waals surface area contributed by atoms with Crippen LogP contribution in [0, 0.1) is 0 Å². The number of sulfone groups is 1. The van der Waals surface area contributed by atoms with Crippen LogP contribution in [0.4, 0.5) is 5.69 Å². The monoisotopic (exact) mass is 372 g/mol. The van der Waals surface area contributed by atoms with E-state index >= 15 is 0 Å². The summed E-state index contributed by atoms with van der Waals surface area (Å²) in [6.07, 6.45) is 2.11. The molecule has 0 aliphatic carbocycles. The number of hydrogen-bond acceptors (Lipinski definition) is 5. The van der Waals surface area contributed by atoms with Crippen molar-refractivity contribution in [3.63, 3.8) is 0 Å². The fourth-order valence-corrected chi connectivity index (χ4v) is 5.58. The average Bonchev–Trinajstić information content (AvgIpc) is 2.83. The SMILES string of the molecule is COc1cccc(S(=O)(=O)c2ccc3c(c2)[C@@H]2CCNCCC2N3C)c1. The first-order valence-corrected chi connectivity index (χ1v) is 10.5. The van der Waals surface area contributed by atoms with Crippen LogP contribution in [0.25, 0.3) is 0 Å². The number of benzene rings is 2. The Balaban J connectivity index is 1.77. The summed E-state index contributed by atoms with van der Waals surface area (Å²) in [6, 6.07) is 12.7. The fraction of sp³-hybridized carbons (Fsp3) is 0.400. The summed E-state index contributed by atoms with van der Waals surface area (Å²) in [5.74, 6) is 0.923. The number of ether oxygens (including phenoxy) is 1. The van der Waals surface area contributed by atoms with E-state index in [9.17, 15) is 8.42 Å². The van der Waals surface area contributed by atoms with Gasteiger partial charge in [0.05, 0.1) is 16.9 Å². The molecule has 1 N–H and O–H groups in total. The van der Waals surface area contributed by atoms with Gasteiger partial charge in [0.1, 0.15) is 5.75 Å².